The van der Waals surface area contributed by atoms with Crippen molar-refractivity contribution in [2.45, 2.75) is 91.4 Å². The quantitative estimate of drug-likeness (QED) is 0.530. The molecule has 0 aromatic rings. The molecule has 1 heterocycles. The van der Waals surface area contributed by atoms with Gasteiger partial charge in [0.1, 0.15) is 0 Å². The first kappa shape index (κ1) is 19.9. The summed E-state index contributed by atoms with van der Waals surface area (Å²) in [6.07, 6.45) is 18.8. The molecule has 2 heteroatoms. The van der Waals surface area contributed by atoms with Crippen LogP contribution < -0.4 is 0 Å². The van der Waals surface area contributed by atoms with Crippen molar-refractivity contribution in [3.05, 3.63) is 23.4 Å². The molecule has 29 heavy (non-hydrogen) atoms. The van der Waals surface area contributed by atoms with E-state index in [9.17, 15) is 4.79 Å². The van der Waals surface area contributed by atoms with Gasteiger partial charge in [0.2, 0.25) is 0 Å². The molecule has 1 saturated heterocycles. The summed E-state index contributed by atoms with van der Waals surface area (Å²) in [6, 6.07) is 0. The largest absolute Gasteiger partial charge is 0.377 e. The van der Waals surface area contributed by atoms with Crippen LogP contribution in [0, 0.1) is 34.5 Å². The molecule has 0 unspecified atom stereocenters. The number of carbonyl (C=O) groups is 1. The van der Waals surface area contributed by atoms with E-state index in [0.717, 1.165) is 36.5 Å². The summed E-state index contributed by atoms with van der Waals surface area (Å²) < 4.78 is 0. The summed E-state index contributed by atoms with van der Waals surface area (Å²) in [5.41, 5.74) is 3.99. The van der Waals surface area contributed by atoms with Crippen LogP contribution in [0.2, 0.25) is 0 Å². The molecule has 3 saturated carbocycles. The average Bonchev–Trinajstić information content (AvgIpc) is 3.06. The molecule has 1 aliphatic heterocycles. The van der Waals surface area contributed by atoms with Gasteiger partial charge in [-0.05, 0) is 118 Å². The second-order valence-electron chi connectivity index (χ2n) is 11.6. The SMILES string of the molecule is C/C(=C/N1CCCCC1)[C@@H]1CC[C@@H]2[C@H]3CCC4=CC(=O)CC[C@]4(C)[C@@H]3CC[C@]21C. The van der Waals surface area contributed by atoms with Crippen LogP contribution in [0.25, 0.3) is 0 Å². The molecule has 0 radical (unpaired) electrons. The third-order valence-corrected chi connectivity index (χ3v) is 10.3. The van der Waals surface area contributed by atoms with Crippen LogP contribution in [0.5, 0.6) is 0 Å². The molecule has 4 aliphatic carbocycles. The zero-order valence-electron chi connectivity index (χ0n) is 19.0. The maximum atomic E-state index is 12.0. The maximum Gasteiger partial charge on any atom is 0.155 e. The van der Waals surface area contributed by atoms with Gasteiger partial charge in [-0.1, -0.05) is 25.0 Å². The zero-order valence-corrected chi connectivity index (χ0v) is 19.0. The standard InChI is InChI=1S/C27H41NO/c1-19(18-28-15-5-4-6-16-28)23-9-10-24-22-8-7-20-17-21(29)11-13-26(20,2)25(22)12-14-27(23,24)3/h17-18,22-25H,4-16H2,1-3H3/b19-18-/t22-,23+,24-,25-,26+,27+/m1/s1. The molecule has 0 bridgehead atoms. The Morgan fingerprint density at radius 1 is 1.00 bits per heavy atom. The van der Waals surface area contributed by atoms with Crippen LogP contribution >= 0.6 is 0 Å². The number of nitrogens with zero attached hydrogens (tertiary/aromatic N) is 1. The topological polar surface area (TPSA) is 20.3 Å². The number of rotatable bonds is 2. The molecule has 0 aromatic heterocycles. The number of likely N-dealkylation sites (tertiary alicyclic amines) is 1. The molecule has 160 valence electrons. The van der Waals surface area contributed by atoms with Gasteiger partial charge in [-0.2, -0.15) is 0 Å². The number of fused-ring (bicyclic) bond motifs is 5. The summed E-state index contributed by atoms with van der Waals surface area (Å²) in [5.74, 6) is 3.77. The molecule has 5 rings (SSSR count). The van der Waals surface area contributed by atoms with Crippen LogP contribution in [-0.4, -0.2) is 23.8 Å². The molecule has 0 aromatic carbocycles. The number of hydrogen-bond acceptors (Lipinski definition) is 2. The molecular formula is C27H41NO. The average molecular weight is 396 g/mol. The zero-order chi connectivity index (χ0) is 20.2. The number of ketones is 1. The normalized spacial score (nSPS) is 45.3. The van der Waals surface area contributed by atoms with Crippen LogP contribution in [-0.2, 0) is 4.79 Å². The van der Waals surface area contributed by atoms with Gasteiger partial charge < -0.3 is 4.90 Å². The summed E-state index contributed by atoms with van der Waals surface area (Å²) in [6.45, 7) is 10.1. The van der Waals surface area contributed by atoms with Gasteiger partial charge in [-0.3, -0.25) is 4.79 Å². The molecule has 0 N–H and O–H groups in total. The molecule has 4 fully saturated rings. The van der Waals surface area contributed by atoms with Crippen molar-refractivity contribution in [3.63, 3.8) is 0 Å². The number of allylic oxidation sites excluding steroid dienone is 2. The van der Waals surface area contributed by atoms with Crippen molar-refractivity contribution in [1.29, 1.82) is 0 Å². The van der Waals surface area contributed by atoms with E-state index in [1.165, 1.54) is 76.5 Å². The third kappa shape index (κ3) is 3.15. The van der Waals surface area contributed by atoms with Gasteiger partial charge in [-0.25, -0.2) is 0 Å². The fraction of sp³-hybridized carbons (Fsp3) is 0.815. The van der Waals surface area contributed by atoms with Crippen molar-refractivity contribution < 1.29 is 4.79 Å². The van der Waals surface area contributed by atoms with Crippen LogP contribution in [0.15, 0.2) is 23.4 Å². The Morgan fingerprint density at radius 3 is 2.59 bits per heavy atom. The molecule has 5 aliphatic rings. The monoisotopic (exact) mass is 395 g/mol. The van der Waals surface area contributed by atoms with E-state index in [1.807, 2.05) is 0 Å². The van der Waals surface area contributed by atoms with Crippen LogP contribution in [0.1, 0.15) is 91.4 Å². The lowest BCUT2D eigenvalue weighted by atomic mass is 9.46. The van der Waals surface area contributed by atoms with E-state index in [1.54, 1.807) is 5.57 Å². The molecule has 0 spiro atoms. The van der Waals surface area contributed by atoms with Gasteiger partial charge in [0.15, 0.2) is 5.78 Å². The Balaban J connectivity index is 1.38. The highest BCUT2D eigenvalue weighted by atomic mass is 16.1. The van der Waals surface area contributed by atoms with Crippen LogP contribution in [0.4, 0.5) is 0 Å². The first-order valence-corrected chi connectivity index (χ1v) is 12.6. The van der Waals surface area contributed by atoms with Gasteiger partial charge in [0.25, 0.3) is 0 Å². The van der Waals surface area contributed by atoms with E-state index in [4.69, 9.17) is 0 Å². The lowest BCUT2D eigenvalue weighted by Crippen LogP contribution is -2.50. The molecular weight excluding hydrogens is 354 g/mol. The highest BCUT2D eigenvalue weighted by Crippen LogP contribution is 2.67. The van der Waals surface area contributed by atoms with E-state index >= 15 is 0 Å². The highest BCUT2D eigenvalue weighted by Gasteiger charge is 2.59. The predicted octanol–water partition coefficient (Wildman–Crippen LogP) is 6.52. The Bertz CT molecular complexity index is 729. The summed E-state index contributed by atoms with van der Waals surface area (Å²) >= 11 is 0. The van der Waals surface area contributed by atoms with E-state index in [2.05, 4.69) is 37.9 Å². The first-order chi connectivity index (χ1) is 13.9. The lowest BCUT2D eigenvalue weighted by molar-refractivity contribution is -0.117. The first-order valence-electron chi connectivity index (χ1n) is 12.6. The summed E-state index contributed by atoms with van der Waals surface area (Å²) in [7, 11) is 0. The highest BCUT2D eigenvalue weighted by molar-refractivity contribution is 5.91. The van der Waals surface area contributed by atoms with Gasteiger partial charge in [-0.15, -0.1) is 0 Å². The van der Waals surface area contributed by atoms with Crippen molar-refractivity contribution in [1.82, 2.24) is 4.90 Å². The Morgan fingerprint density at radius 2 is 1.79 bits per heavy atom. The van der Waals surface area contributed by atoms with Crippen molar-refractivity contribution in [2.75, 3.05) is 13.1 Å². The van der Waals surface area contributed by atoms with Gasteiger partial charge in [0.05, 0.1) is 0 Å². The fourth-order valence-corrected chi connectivity index (χ4v) is 8.73. The Kier molecular flexibility index (Phi) is 4.99. The number of hydrogen-bond donors (Lipinski definition) is 0. The summed E-state index contributed by atoms with van der Waals surface area (Å²) in [5, 5.41) is 0. The van der Waals surface area contributed by atoms with Gasteiger partial charge >= 0.3 is 0 Å². The maximum absolute atomic E-state index is 12.0. The predicted molar refractivity (Wildman–Crippen MR) is 119 cm³/mol. The van der Waals surface area contributed by atoms with Crippen LogP contribution in [0.3, 0.4) is 0 Å². The molecule has 6 atom stereocenters. The second kappa shape index (κ2) is 7.27. The summed E-state index contributed by atoms with van der Waals surface area (Å²) in [4.78, 5) is 14.7. The number of piperidine rings is 1. The third-order valence-electron chi connectivity index (χ3n) is 10.3. The van der Waals surface area contributed by atoms with Crippen molar-refractivity contribution >= 4 is 5.78 Å². The van der Waals surface area contributed by atoms with E-state index in [0.29, 0.717) is 16.6 Å². The van der Waals surface area contributed by atoms with E-state index < -0.39 is 0 Å². The molecule has 0 amide bonds. The fourth-order valence-electron chi connectivity index (χ4n) is 8.73. The minimum atomic E-state index is 0.314. The smallest absolute Gasteiger partial charge is 0.155 e. The van der Waals surface area contributed by atoms with Crippen molar-refractivity contribution in [3.8, 4) is 0 Å². The Hall–Kier alpha value is -1.05. The Labute approximate surface area is 178 Å². The van der Waals surface area contributed by atoms with Crippen molar-refractivity contribution in [2.24, 2.45) is 34.5 Å². The minimum Gasteiger partial charge on any atom is -0.377 e. The number of carbonyl (C=O) groups excluding carboxylic acids is 1. The molecule has 2 nitrogen and oxygen atoms in total. The second-order valence-corrected chi connectivity index (χ2v) is 11.6. The van der Waals surface area contributed by atoms with Gasteiger partial charge in [0, 0.05) is 19.5 Å². The lowest BCUT2D eigenvalue weighted by Gasteiger charge is -2.58. The van der Waals surface area contributed by atoms with E-state index in [-0.39, 0.29) is 0 Å². The minimum absolute atomic E-state index is 0.314.